The van der Waals surface area contributed by atoms with Crippen LogP contribution < -0.4 is 10.2 Å². The van der Waals surface area contributed by atoms with Crippen LogP contribution in [0.25, 0.3) is 22.3 Å². The first kappa shape index (κ1) is 17.4. The number of benzene rings is 2. The van der Waals surface area contributed by atoms with Gasteiger partial charge in [-0.3, -0.25) is 9.69 Å². The van der Waals surface area contributed by atoms with Crippen molar-refractivity contribution in [2.75, 3.05) is 20.2 Å². The van der Waals surface area contributed by atoms with Gasteiger partial charge in [0.15, 0.2) is 22.5 Å². The molecule has 4 rings (SSSR count). The van der Waals surface area contributed by atoms with Crippen molar-refractivity contribution in [1.29, 1.82) is 0 Å². The van der Waals surface area contributed by atoms with Gasteiger partial charge in [0, 0.05) is 18.2 Å². The summed E-state index contributed by atoms with van der Waals surface area (Å²) in [7, 11) is 1.35. The number of aromatic hydroxyl groups is 2. The second kappa shape index (κ2) is 6.96. The van der Waals surface area contributed by atoms with E-state index in [9.17, 15) is 15.0 Å². The van der Waals surface area contributed by atoms with E-state index < -0.39 is 5.75 Å². The molecule has 2 heterocycles. The molecule has 140 valence electrons. The molecule has 27 heavy (non-hydrogen) atoms. The molecule has 6 heteroatoms. The standard InChI is InChI=1S/C21H21NO5/c1-26-21-18(24)14(12-22-9-5-6-10-22)20-17(19(21)25)15(23)11-16(27-20)13-7-3-2-4-8-13/h2-4,7-8,11,24-25H,5-6,9-10,12H2,1H3. The summed E-state index contributed by atoms with van der Waals surface area (Å²) >= 11 is 0. The maximum absolute atomic E-state index is 12.8. The van der Waals surface area contributed by atoms with Crippen LogP contribution in [0.5, 0.6) is 17.2 Å². The molecule has 3 aromatic rings. The van der Waals surface area contributed by atoms with Crippen molar-refractivity contribution in [1.82, 2.24) is 4.90 Å². The van der Waals surface area contributed by atoms with E-state index in [0.717, 1.165) is 31.5 Å². The fourth-order valence-electron chi connectivity index (χ4n) is 3.65. The third-order valence-electron chi connectivity index (χ3n) is 5.02. The maximum Gasteiger partial charge on any atom is 0.204 e. The Kier molecular flexibility index (Phi) is 4.49. The SMILES string of the molecule is COc1c(O)c(CN2CCCC2)c2oc(-c3ccccc3)cc(=O)c2c1O. The molecular formula is C21H21NO5. The van der Waals surface area contributed by atoms with Crippen LogP contribution in [-0.2, 0) is 6.54 Å². The molecule has 1 saturated heterocycles. The molecule has 0 saturated carbocycles. The minimum Gasteiger partial charge on any atom is -0.504 e. The number of rotatable bonds is 4. The van der Waals surface area contributed by atoms with Crippen LogP contribution in [0.1, 0.15) is 18.4 Å². The molecule has 0 unspecified atom stereocenters. The van der Waals surface area contributed by atoms with Crippen LogP contribution in [0.2, 0.25) is 0 Å². The number of phenols is 2. The van der Waals surface area contributed by atoms with Gasteiger partial charge < -0.3 is 19.4 Å². The highest BCUT2D eigenvalue weighted by Crippen LogP contribution is 2.45. The lowest BCUT2D eigenvalue weighted by atomic mass is 10.0. The Morgan fingerprint density at radius 1 is 1.11 bits per heavy atom. The number of hydrogen-bond acceptors (Lipinski definition) is 6. The lowest BCUT2D eigenvalue weighted by molar-refractivity contribution is 0.312. The number of methoxy groups -OCH3 is 1. The molecule has 1 aliphatic heterocycles. The average molecular weight is 367 g/mol. The van der Waals surface area contributed by atoms with Gasteiger partial charge in [-0.1, -0.05) is 30.3 Å². The third kappa shape index (κ3) is 3.02. The van der Waals surface area contributed by atoms with E-state index in [-0.39, 0.29) is 27.9 Å². The molecule has 1 aliphatic rings. The topological polar surface area (TPSA) is 83.1 Å². The van der Waals surface area contributed by atoms with Crippen molar-refractivity contribution in [2.24, 2.45) is 0 Å². The Morgan fingerprint density at radius 3 is 2.48 bits per heavy atom. The Labute approximate surface area is 156 Å². The summed E-state index contributed by atoms with van der Waals surface area (Å²) in [5, 5.41) is 21.2. The first-order valence-corrected chi connectivity index (χ1v) is 8.96. The fourth-order valence-corrected chi connectivity index (χ4v) is 3.65. The van der Waals surface area contributed by atoms with Gasteiger partial charge in [-0.15, -0.1) is 0 Å². The Balaban J connectivity index is 1.99. The molecule has 0 bridgehead atoms. The highest BCUT2D eigenvalue weighted by Gasteiger charge is 2.26. The Hall–Kier alpha value is -2.99. The van der Waals surface area contributed by atoms with E-state index in [1.165, 1.54) is 13.2 Å². The van der Waals surface area contributed by atoms with Crippen molar-refractivity contribution >= 4 is 11.0 Å². The molecule has 2 aromatic carbocycles. The van der Waals surface area contributed by atoms with Gasteiger partial charge in [-0.2, -0.15) is 0 Å². The van der Waals surface area contributed by atoms with E-state index >= 15 is 0 Å². The molecular weight excluding hydrogens is 346 g/mol. The minimum absolute atomic E-state index is 0.0264. The second-order valence-electron chi connectivity index (χ2n) is 6.74. The molecule has 2 N–H and O–H groups in total. The summed E-state index contributed by atoms with van der Waals surface area (Å²) < 4.78 is 11.2. The van der Waals surface area contributed by atoms with Gasteiger partial charge >= 0.3 is 0 Å². The molecule has 0 amide bonds. The molecule has 0 atom stereocenters. The van der Waals surface area contributed by atoms with Crippen molar-refractivity contribution < 1.29 is 19.4 Å². The van der Waals surface area contributed by atoms with Gasteiger partial charge in [0.25, 0.3) is 0 Å². The fraction of sp³-hybridized carbons (Fsp3) is 0.286. The summed E-state index contributed by atoms with van der Waals surface area (Å²) in [4.78, 5) is 15.0. The predicted octanol–water partition coefficient (Wildman–Crippen LogP) is 3.48. The first-order valence-electron chi connectivity index (χ1n) is 8.96. The molecule has 1 aromatic heterocycles. The van der Waals surface area contributed by atoms with Crippen molar-refractivity contribution in [3.63, 3.8) is 0 Å². The summed E-state index contributed by atoms with van der Waals surface area (Å²) in [6.07, 6.45) is 2.18. The van der Waals surface area contributed by atoms with Crippen molar-refractivity contribution in [2.45, 2.75) is 19.4 Å². The van der Waals surface area contributed by atoms with Crippen LogP contribution in [0.15, 0.2) is 45.6 Å². The number of fused-ring (bicyclic) bond motifs is 1. The van der Waals surface area contributed by atoms with Gasteiger partial charge in [-0.25, -0.2) is 0 Å². The van der Waals surface area contributed by atoms with Gasteiger partial charge in [-0.05, 0) is 25.9 Å². The predicted molar refractivity (Wildman–Crippen MR) is 102 cm³/mol. The summed E-state index contributed by atoms with van der Waals surface area (Å²) in [6, 6.07) is 10.6. The lowest BCUT2D eigenvalue weighted by Crippen LogP contribution is -2.19. The van der Waals surface area contributed by atoms with Crippen molar-refractivity contribution in [3.8, 4) is 28.6 Å². The van der Waals surface area contributed by atoms with E-state index in [1.807, 2.05) is 30.3 Å². The van der Waals surface area contributed by atoms with E-state index in [0.29, 0.717) is 17.9 Å². The highest BCUT2D eigenvalue weighted by molar-refractivity contribution is 5.92. The summed E-state index contributed by atoms with van der Waals surface area (Å²) in [6.45, 7) is 2.24. The van der Waals surface area contributed by atoms with Crippen LogP contribution in [0.3, 0.4) is 0 Å². The largest absolute Gasteiger partial charge is 0.504 e. The van der Waals surface area contributed by atoms with E-state index in [1.54, 1.807) is 0 Å². The lowest BCUT2D eigenvalue weighted by Gasteiger charge is -2.19. The quantitative estimate of drug-likeness (QED) is 0.735. The Bertz CT molecular complexity index is 1040. The zero-order chi connectivity index (χ0) is 19.0. The maximum atomic E-state index is 12.8. The number of nitrogens with zero attached hydrogens (tertiary/aromatic N) is 1. The molecule has 0 aliphatic carbocycles. The zero-order valence-corrected chi connectivity index (χ0v) is 15.1. The summed E-state index contributed by atoms with van der Waals surface area (Å²) in [5.74, 6) is -0.303. The number of hydrogen-bond donors (Lipinski definition) is 2. The van der Waals surface area contributed by atoms with Crippen LogP contribution >= 0.6 is 0 Å². The third-order valence-corrected chi connectivity index (χ3v) is 5.02. The molecule has 0 spiro atoms. The minimum atomic E-state index is -0.400. The van der Waals surface area contributed by atoms with Crippen molar-refractivity contribution in [3.05, 3.63) is 52.2 Å². The number of likely N-dealkylation sites (tertiary alicyclic amines) is 1. The zero-order valence-electron chi connectivity index (χ0n) is 15.1. The van der Waals surface area contributed by atoms with Gasteiger partial charge in [0.1, 0.15) is 11.1 Å². The van der Waals surface area contributed by atoms with Crippen LogP contribution in [0, 0.1) is 0 Å². The average Bonchev–Trinajstić information content (AvgIpc) is 3.19. The molecule has 1 fully saturated rings. The van der Waals surface area contributed by atoms with Crippen LogP contribution in [-0.4, -0.2) is 35.3 Å². The van der Waals surface area contributed by atoms with E-state index in [2.05, 4.69) is 4.90 Å². The van der Waals surface area contributed by atoms with E-state index in [4.69, 9.17) is 9.15 Å². The molecule has 6 nitrogen and oxygen atoms in total. The summed E-state index contributed by atoms with van der Waals surface area (Å²) in [5.41, 5.74) is 1.02. The monoisotopic (exact) mass is 367 g/mol. The first-order chi connectivity index (χ1) is 13.1. The molecule has 0 radical (unpaired) electrons. The number of ether oxygens (including phenoxy) is 1. The smallest absolute Gasteiger partial charge is 0.204 e. The van der Waals surface area contributed by atoms with Gasteiger partial charge in [0.2, 0.25) is 5.75 Å². The Morgan fingerprint density at radius 2 is 1.81 bits per heavy atom. The number of phenolic OH excluding ortho intramolecular Hbond substituents is 2. The highest BCUT2D eigenvalue weighted by atomic mass is 16.5. The van der Waals surface area contributed by atoms with Crippen LogP contribution in [0.4, 0.5) is 0 Å². The second-order valence-corrected chi connectivity index (χ2v) is 6.74. The van der Waals surface area contributed by atoms with Gasteiger partial charge in [0.05, 0.1) is 12.7 Å². The normalized spacial score (nSPS) is 14.7.